The number of hydrogen-bond donors (Lipinski definition) is 2. The summed E-state index contributed by atoms with van der Waals surface area (Å²) in [6, 6.07) is 0. The third kappa shape index (κ3) is 4.53. The zero-order valence-electron chi connectivity index (χ0n) is 15.6. The molecule has 0 saturated heterocycles. The summed E-state index contributed by atoms with van der Waals surface area (Å²) in [7, 11) is 1.64. The van der Waals surface area contributed by atoms with Crippen LogP contribution in [0.3, 0.4) is 0 Å². The van der Waals surface area contributed by atoms with Crippen molar-refractivity contribution >= 4 is 39.7 Å². The van der Waals surface area contributed by atoms with E-state index in [-0.39, 0.29) is 11.8 Å². The van der Waals surface area contributed by atoms with E-state index in [0.29, 0.717) is 40.7 Å². The number of methoxy groups -OCH3 is 1. The molecule has 0 saturated carbocycles. The van der Waals surface area contributed by atoms with Gasteiger partial charge in [-0.3, -0.25) is 9.59 Å². The maximum atomic E-state index is 12.8. The van der Waals surface area contributed by atoms with Crippen molar-refractivity contribution in [1.82, 2.24) is 14.9 Å². The minimum atomic E-state index is -0.242. The first-order chi connectivity index (χ1) is 13.2. The quantitative estimate of drug-likeness (QED) is 0.655. The zero-order valence-corrected chi connectivity index (χ0v) is 17.2. The Morgan fingerprint density at radius 2 is 2.04 bits per heavy atom. The molecule has 0 bridgehead atoms. The van der Waals surface area contributed by atoms with Crippen LogP contribution in [0.25, 0.3) is 0 Å². The van der Waals surface area contributed by atoms with Gasteiger partial charge in [-0.05, 0) is 55.6 Å². The van der Waals surface area contributed by atoms with E-state index in [9.17, 15) is 9.59 Å². The fraction of sp³-hybridized carbons (Fsp3) is 0.556. The maximum Gasteiger partial charge on any atom is 0.269 e. The number of rotatable bonds is 8. The molecule has 146 valence electrons. The lowest BCUT2D eigenvalue weighted by Gasteiger charge is -2.13. The molecule has 27 heavy (non-hydrogen) atoms. The van der Waals surface area contributed by atoms with Crippen LogP contribution in [-0.2, 0) is 24.0 Å². The van der Waals surface area contributed by atoms with Crippen molar-refractivity contribution in [2.24, 2.45) is 0 Å². The van der Waals surface area contributed by atoms with Crippen molar-refractivity contribution in [2.75, 3.05) is 25.6 Å². The fourth-order valence-electron chi connectivity index (χ4n) is 3.17. The zero-order chi connectivity index (χ0) is 19.2. The van der Waals surface area contributed by atoms with Gasteiger partial charge in [-0.25, -0.2) is 0 Å². The Balaban J connectivity index is 1.82. The normalized spacial score (nSPS) is 13.3. The number of hydrogen-bond acceptors (Lipinski definition) is 7. The summed E-state index contributed by atoms with van der Waals surface area (Å²) >= 11 is 2.61. The Kier molecular flexibility index (Phi) is 6.92. The van der Waals surface area contributed by atoms with Crippen molar-refractivity contribution in [1.29, 1.82) is 0 Å². The molecule has 0 spiro atoms. The van der Waals surface area contributed by atoms with Gasteiger partial charge >= 0.3 is 0 Å². The van der Waals surface area contributed by atoms with E-state index >= 15 is 0 Å². The third-order valence-corrected chi connectivity index (χ3v) is 6.51. The van der Waals surface area contributed by atoms with Gasteiger partial charge in [-0.2, -0.15) is 0 Å². The number of amides is 2. The highest BCUT2D eigenvalue weighted by Crippen LogP contribution is 2.38. The smallest absolute Gasteiger partial charge is 0.269 e. The number of carbonyl (C=O) groups is 2. The molecule has 7 nitrogen and oxygen atoms in total. The predicted molar refractivity (Wildman–Crippen MR) is 107 cm³/mol. The second kappa shape index (κ2) is 9.38. The molecule has 0 fully saturated rings. The molecule has 2 heterocycles. The molecule has 9 heteroatoms. The number of thiophene rings is 1. The second-order valence-corrected chi connectivity index (χ2v) is 8.23. The van der Waals surface area contributed by atoms with Crippen molar-refractivity contribution < 1.29 is 14.3 Å². The van der Waals surface area contributed by atoms with E-state index in [1.165, 1.54) is 16.2 Å². The van der Waals surface area contributed by atoms with Gasteiger partial charge in [-0.1, -0.05) is 11.4 Å². The van der Waals surface area contributed by atoms with Crippen LogP contribution in [0.4, 0.5) is 5.00 Å². The van der Waals surface area contributed by atoms with Crippen molar-refractivity contribution in [3.8, 4) is 0 Å². The SMILES string of the molecule is CCc1nnsc1C(=O)Nc1sc2c(c1C(=O)NCCCOC)CCCC2. The minimum absolute atomic E-state index is 0.126. The fourth-order valence-corrected chi connectivity index (χ4v) is 5.10. The summed E-state index contributed by atoms with van der Waals surface area (Å²) in [4.78, 5) is 27.3. The number of ether oxygens (including phenoxy) is 1. The molecular weight excluding hydrogens is 384 g/mol. The molecule has 3 rings (SSSR count). The molecule has 0 unspecified atom stereocenters. The first-order valence-electron chi connectivity index (χ1n) is 9.20. The summed E-state index contributed by atoms with van der Waals surface area (Å²) in [6.45, 7) is 3.09. The van der Waals surface area contributed by atoms with Gasteiger partial charge in [-0.15, -0.1) is 16.4 Å². The number of aryl methyl sites for hydroxylation is 2. The Morgan fingerprint density at radius 1 is 1.22 bits per heavy atom. The van der Waals surface area contributed by atoms with Crippen molar-refractivity contribution in [3.63, 3.8) is 0 Å². The number of nitrogens with zero attached hydrogens (tertiary/aromatic N) is 2. The molecule has 1 aliphatic rings. The predicted octanol–water partition coefficient (Wildman–Crippen LogP) is 3.06. The molecule has 2 amide bonds. The Hall–Kier alpha value is -1.84. The van der Waals surface area contributed by atoms with E-state index in [0.717, 1.165) is 49.2 Å². The third-order valence-electron chi connectivity index (χ3n) is 4.53. The summed E-state index contributed by atoms with van der Waals surface area (Å²) in [6.07, 6.45) is 5.43. The Morgan fingerprint density at radius 3 is 2.81 bits per heavy atom. The number of aromatic nitrogens is 2. The second-order valence-electron chi connectivity index (χ2n) is 6.37. The number of carbonyl (C=O) groups excluding carboxylic acids is 2. The van der Waals surface area contributed by atoms with E-state index in [1.54, 1.807) is 7.11 Å². The van der Waals surface area contributed by atoms with Crippen LogP contribution in [0, 0.1) is 0 Å². The van der Waals surface area contributed by atoms with Crippen LogP contribution in [0.5, 0.6) is 0 Å². The Labute approximate surface area is 166 Å². The first-order valence-corrected chi connectivity index (χ1v) is 10.8. The lowest BCUT2D eigenvalue weighted by Crippen LogP contribution is -2.27. The van der Waals surface area contributed by atoms with Gasteiger partial charge in [0.2, 0.25) is 0 Å². The van der Waals surface area contributed by atoms with Gasteiger partial charge in [0.15, 0.2) is 0 Å². The van der Waals surface area contributed by atoms with E-state index < -0.39 is 0 Å². The van der Waals surface area contributed by atoms with Crippen LogP contribution >= 0.6 is 22.9 Å². The van der Waals surface area contributed by atoms with Crippen molar-refractivity contribution in [3.05, 3.63) is 26.6 Å². The summed E-state index contributed by atoms with van der Waals surface area (Å²) in [5, 5.41) is 10.5. The molecule has 2 aromatic heterocycles. The summed E-state index contributed by atoms with van der Waals surface area (Å²) < 4.78 is 8.91. The van der Waals surface area contributed by atoms with Gasteiger partial charge in [0.1, 0.15) is 9.88 Å². The molecule has 2 aromatic rings. The standard InChI is InChI=1S/C18H24N4O3S2/c1-3-12-15(27-22-21-12)17(24)20-18-14(16(23)19-9-6-10-25-2)11-7-4-5-8-13(11)26-18/h3-10H2,1-2H3,(H,19,23)(H,20,24). The topological polar surface area (TPSA) is 93.2 Å². The highest BCUT2D eigenvalue weighted by Gasteiger charge is 2.27. The van der Waals surface area contributed by atoms with E-state index in [2.05, 4.69) is 20.2 Å². The first kappa shape index (κ1) is 19.9. The average Bonchev–Trinajstić information content (AvgIpc) is 3.29. The largest absolute Gasteiger partial charge is 0.385 e. The molecule has 0 aromatic carbocycles. The average molecular weight is 409 g/mol. The van der Waals surface area contributed by atoms with Gasteiger partial charge in [0, 0.05) is 25.1 Å². The Bertz CT molecular complexity index is 816. The number of fused-ring (bicyclic) bond motifs is 1. The monoisotopic (exact) mass is 408 g/mol. The molecular formula is C18H24N4O3S2. The highest BCUT2D eigenvalue weighted by atomic mass is 32.1. The van der Waals surface area contributed by atoms with Gasteiger partial charge < -0.3 is 15.4 Å². The molecule has 0 atom stereocenters. The lowest BCUT2D eigenvalue weighted by atomic mass is 9.95. The van der Waals surface area contributed by atoms with Crippen molar-refractivity contribution in [2.45, 2.75) is 45.4 Å². The molecule has 1 aliphatic carbocycles. The molecule has 2 N–H and O–H groups in total. The lowest BCUT2D eigenvalue weighted by molar-refractivity contribution is 0.0948. The summed E-state index contributed by atoms with van der Waals surface area (Å²) in [5.41, 5.74) is 2.39. The summed E-state index contributed by atoms with van der Waals surface area (Å²) in [5.74, 6) is -0.368. The van der Waals surface area contributed by atoms with Gasteiger partial charge in [0.25, 0.3) is 11.8 Å². The van der Waals surface area contributed by atoms with E-state index in [1.807, 2.05) is 6.92 Å². The van der Waals surface area contributed by atoms with Crippen LogP contribution in [-0.4, -0.2) is 41.7 Å². The van der Waals surface area contributed by atoms with E-state index in [4.69, 9.17) is 4.74 Å². The van der Waals surface area contributed by atoms with Crippen LogP contribution in [0.2, 0.25) is 0 Å². The maximum absolute atomic E-state index is 12.8. The van der Waals surface area contributed by atoms with Gasteiger partial charge in [0.05, 0.1) is 11.3 Å². The van der Waals surface area contributed by atoms with Crippen LogP contribution in [0.1, 0.15) is 62.4 Å². The number of nitrogens with one attached hydrogen (secondary N) is 2. The van der Waals surface area contributed by atoms with Crippen LogP contribution in [0.15, 0.2) is 0 Å². The molecule has 0 aliphatic heterocycles. The van der Waals surface area contributed by atoms with Crippen LogP contribution < -0.4 is 10.6 Å². The highest BCUT2D eigenvalue weighted by molar-refractivity contribution is 7.17. The minimum Gasteiger partial charge on any atom is -0.385 e. The number of anilines is 1. The molecule has 0 radical (unpaired) electrons.